The molecule has 0 aromatic heterocycles. The van der Waals surface area contributed by atoms with Gasteiger partial charge in [0.15, 0.2) is 0 Å². The number of carbonyl (C=O) groups excluding carboxylic acids is 1. The van der Waals surface area contributed by atoms with Crippen molar-refractivity contribution < 1.29 is 9.53 Å². The van der Waals surface area contributed by atoms with Gasteiger partial charge in [-0.2, -0.15) is 5.26 Å². The number of aryl methyl sites for hydroxylation is 1. The van der Waals surface area contributed by atoms with Crippen molar-refractivity contribution in [3.8, 4) is 6.07 Å². The Hall–Kier alpha value is -2.80. The molecule has 0 atom stereocenters. The lowest BCUT2D eigenvalue weighted by molar-refractivity contribution is 0.0474. The molecule has 0 radical (unpaired) electrons. The molecule has 0 fully saturated rings. The molecule has 4 heteroatoms. The maximum Gasteiger partial charge on any atom is 0.340 e. The van der Waals surface area contributed by atoms with E-state index < -0.39 is 5.97 Å². The molecule has 0 aliphatic carbocycles. The highest BCUT2D eigenvalue weighted by Crippen LogP contribution is 2.18. The van der Waals surface area contributed by atoms with Crippen LogP contribution in [0.3, 0.4) is 0 Å². The van der Waals surface area contributed by atoms with Gasteiger partial charge in [0.05, 0.1) is 17.2 Å². The molecule has 2 aromatic carbocycles. The minimum Gasteiger partial charge on any atom is -0.457 e. The first kappa shape index (κ1) is 13.6. The van der Waals surface area contributed by atoms with Crippen LogP contribution in [-0.4, -0.2) is 5.97 Å². The first-order chi connectivity index (χ1) is 9.61. The van der Waals surface area contributed by atoms with Gasteiger partial charge in [-0.25, -0.2) is 4.79 Å². The third-order valence-corrected chi connectivity index (χ3v) is 2.97. The molecule has 0 bridgehead atoms. The number of nitriles is 1. The maximum atomic E-state index is 12.0. The fourth-order valence-electron chi connectivity index (χ4n) is 1.82. The highest BCUT2D eigenvalue weighted by Gasteiger charge is 2.12. The fourth-order valence-corrected chi connectivity index (χ4v) is 1.82. The zero-order valence-corrected chi connectivity index (χ0v) is 11.1. The summed E-state index contributed by atoms with van der Waals surface area (Å²) in [4.78, 5) is 12.0. The zero-order chi connectivity index (χ0) is 14.5. The number of anilines is 1. The molecule has 0 aliphatic heterocycles. The van der Waals surface area contributed by atoms with Crippen LogP contribution in [0.4, 0.5) is 5.69 Å². The Bertz CT molecular complexity index is 687. The smallest absolute Gasteiger partial charge is 0.340 e. The number of benzene rings is 2. The molecule has 0 saturated heterocycles. The number of hydrogen-bond acceptors (Lipinski definition) is 4. The van der Waals surface area contributed by atoms with Gasteiger partial charge in [0.1, 0.15) is 6.61 Å². The predicted molar refractivity (Wildman–Crippen MR) is 75.9 cm³/mol. The van der Waals surface area contributed by atoms with E-state index in [-0.39, 0.29) is 6.61 Å². The van der Waals surface area contributed by atoms with Crippen molar-refractivity contribution >= 4 is 11.7 Å². The van der Waals surface area contributed by atoms with E-state index >= 15 is 0 Å². The normalized spacial score (nSPS) is 9.80. The molecule has 0 heterocycles. The maximum absolute atomic E-state index is 12.0. The molecule has 0 amide bonds. The quantitative estimate of drug-likeness (QED) is 0.684. The first-order valence-electron chi connectivity index (χ1n) is 6.13. The van der Waals surface area contributed by atoms with Gasteiger partial charge >= 0.3 is 5.97 Å². The summed E-state index contributed by atoms with van der Waals surface area (Å²) in [6.07, 6.45) is 0. The lowest BCUT2D eigenvalue weighted by Crippen LogP contribution is -2.09. The van der Waals surface area contributed by atoms with Crippen LogP contribution in [-0.2, 0) is 11.3 Å². The average molecular weight is 266 g/mol. The van der Waals surface area contributed by atoms with E-state index in [4.69, 9.17) is 15.7 Å². The van der Waals surface area contributed by atoms with E-state index in [1.54, 1.807) is 36.4 Å². The third-order valence-electron chi connectivity index (χ3n) is 2.97. The Kier molecular flexibility index (Phi) is 4.02. The van der Waals surface area contributed by atoms with Crippen molar-refractivity contribution in [1.82, 2.24) is 0 Å². The molecule has 4 nitrogen and oxygen atoms in total. The molecule has 0 unspecified atom stereocenters. The highest BCUT2D eigenvalue weighted by molar-refractivity contribution is 5.95. The molecular formula is C16H14N2O2. The number of nitrogens with two attached hydrogens (primary N) is 1. The minimum absolute atomic E-state index is 0.113. The lowest BCUT2D eigenvalue weighted by Gasteiger charge is -2.08. The summed E-state index contributed by atoms with van der Waals surface area (Å²) in [5, 5.41) is 8.81. The Morgan fingerprint density at radius 3 is 2.80 bits per heavy atom. The number of ether oxygens (including phenoxy) is 1. The molecule has 2 rings (SSSR count). The summed E-state index contributed by atoms with van der Waals surface area (Å²) >= 11 is 0. The minimum atomic E-state index is -0.464. The van der Waals surface area contributed by atoms with Crippen LogP contribution in [0.5, 0.6) is 0 Å². The van der Waals surface area contributed by atoms with E-state index in [2.05, 4.69) is 0 Å². The number of nitrogen functional groups attached to an aromatic ring is 1. The topological polar surface area (TPSA) is 76.1 Å². The monoisotopic (exact) mass is 266 g/mol. The number of carbonyl (C=O) groups is 1. The number of para-hydroxylation sites is 1. The standard InChI is InChI=1S/C16H14N2O2/c1-11-4-2-7-14(15(11)18)16(19)20-10-13-6-3-5-12(8-13)9-17/h2-8H,10,18H2,1H3. The van der Waals surface area contributed by atoms with Gasteiger partial charge < -0.3 is 10.5 Å². The third kappa shape index (κ3) is 2.96. The summed E-state index contributed by atoms with van der Waals surface area (Å²) in [6, 6.07) is 14.2. The van der Waals surface area contributed by atoms with Gasteiger partial charge in [-0.3, -0.25) is 0 Å². The summed E-state index contributed by atoms with van der Waals surface area (Å²) in [7, 11) is 0. The van der Waals surface area contributed by atoms with Gasteiger partial charge in [-0.05, 0) is 36.2 Å². The second-order valence-corrected chi connectivity index (χ2v) is 4.42. The molecule has 2 aromatic rings. The van der Waals surface area contributed by atoms with Crippen molar-refractivity contribution in [1.29, 1.82) is 5.26 Å². The molecular weight excluding hydrogens is 252 g/mol. The van der Waals surface area contributed by atoms with Gasteiger partial charge in [-0.1, -0.05) is 24.3 Å². The second-order valence-electron chi connectivity index (χ2n) is 4.42. The molecule has 100 valence electrons. The Balaban J connectivity index is 2.09. The molecule has 2 N–H and O–H groups in total. The predicted octanol–water partition coefficient (Wildman–Crippen LogP) is 2.81. The van der Waals surface area contributed by atoms with Crippen LogP contribution >= 0.6 is 0 Å². The van der Waals surface area contributed by atoms with Crippen LogP contribution in [0.1, 0.15) is 27.0 Å². The van der Waals surface area contributed by atoms with Crippen molar-refractivity contribution in [3.63, 3.8) is 0 Å². The SMILES string of the molecule is Cc1cccc(C(=O)OCc2cccc(C#N)c2)c1N. The van der Waals surface area contributed by atoms with Crippen LogP contribution in [0, 0.1) is 18.3 Å². The van der Waals surface area contributed by atoms with Crippen molar-refractivity contribution in [2.45, 2.75) is 13.5 Å². The van der Waals surface area contributed by atoms with E-state index in [0.717, 1.165) is 11.1 Å². The van der Waals surface area contributed by atoms with E-state index in [9.17, 15) is 4.79 Å². The molecule has 0 aliphatic rings. The van der Waals surface area contributed by atoms with Crippen molar-refractivity contribution in [3.05, 3.63) is 64.7 Å². The number of rotatable bonds is 3. The fraction of sp³-hybridized carbons (Fsp3) is 0.125. The van der Waals surface area contributed by atoms with Crippen LogP contribution in [0.2, 0.25) is 0 Å². The Morgan fingerprint density at radius 2 is 2.05 bits per heavy atom. The van der Waals surface area contributed by atoms with Crippen LogP contribution in [0.15, 0.2) is 42.5 Å². The van der Waals surface area contributed by atoms with Crippen molar-refractivity contribution in [2.75, 3.05) is 5.73 Å². The number of nitrogens with zero attached hydrogens (tertiary/aromatic N) is 1. The van der Waals surface area contributed by atoms with E-state index in [1.807, 2.05) is 19.1 Å². The number of esters is 1. The summed E-state index contributed by atoms with van der Waals surface area (Å²) in [6.45, 7) is 1.95. The Morgan fingerprint density at radius 1 is 1.30 bits per heavy atom. The summed E-state index contributed by atoms with van der Waals surface area (Å²) in [5.41, 5.74) is 8.79. The van der Waals surface area contributed by atoms with E-state index in [0.29, 0.717) is 16.8 Å². The highest BCUT2D eigenvalue weighted by atomic mass is 16.5. The molecule has 0 spiro atoms. The van der Waals surface area contributed by atoms with Gasteiger partial charge in [-0.15, -0.1) is 0 Å². The summed E-state index contributed by atoms with van der Waals surface area (Å²) in [5.74, 6) is -0.464. The van der Waals surface area contributed by atoms with Crippen molar-refractivity contribution in [2.24, 2.45) is 0 Å². The van der Waals surface area contributed by atoms with Gasteiger partial charge in [0.25, 0.3) is 0 Å². The summed E-state index contributed by atoms with van der Waals surface area (Å²) < 4.78 is 5.22. The van der Waals surface area contributed by atoms with Gasteiger partial charge in [0, 0.05) is 5.69 Å². The molecule has 0 saturated carbocycles. The zero-order valence-electron chi connectivity index (χ0n) is 11.1. The van der Waals surface area contributed by atoms with Crippen LogP contribution in [0.25, 0.3) is 0 Å². The molecule has 20 heavy (non-hydrogen) atoms. The Labute approximate surface area is 117 Å². The first-order valence-corrected chi connectivity index (χ1v) is 6.13. The second kappa shape index (κ2) is 5.89. The number of hydrogen-bond donors (Lipinski definition) is 1. The average Bonchev–Trinajstić information content (AvgIpc) is 2.48. The van der Waals surface area contributed by atoms with Gasteiger partial charge in [0.2, 0.25) is 0 Å². The largest absolute Gasteiger partial charge is 0.457 e. The van der Waals surface area contributed by atoms with Crippen LogP contribution < -0.4 is 5.73 Å². The lowest BCUT2D eigenvalue weighted by atomic mass is 10.1. The van der Waals surface area contributed by atoms with E-state index in [1.165, 1.54) is 0 Å².